The molecule has 2 fully saturated rings. The van der Waals surface area contributed by atoms with E-state index in [4.69, 9.17) is 30.8 Å². The number of fused-ring (bicyclic) bond motifs is 1. The molecular formula is C40H44ClN5O6. The fraction of sp³-hybridized carbons (Fsp3) is 0.400. The number of carboxylic acids is 1. The number of pyridine rings is 2. The minimum Gasteiger partial charge on any atom is -0.481 e. The number of aromatic nitrogens is 2. The van der Waals surface area contributed by atoms with Crippen LogP contribution in [0.5, 0.6) is 17.6 Å². The molecule has 1 amide bonds. The number of carbonyl (C=O) groups is 2. The summed E-state index contributed by atoms with van der Waals surface area (Å²) in [5.41, 5.74) is 9.37. The third-order valence-corrected chi connectivity index (χ3v) is 10.8. The summed E-state index contributed by atoms with van der Waals surface area (Å²) in [6, 6.07) is 18.7. The number of benzene rings is 2. The molecule has 2 aromatic heterocycles. The third kappa shape index (κ3) is 7.44. The Hall–Kier alpha value is -4.71. The van der Waals surface area contributed by atoms with Crippen molar-refractivity contribution in [3.05, 3.63) is 87.4 Å². The first-order chi connectivity index (χ1) is 25.2. The van der Waals surface area contributed by atoms with Crippen LogP contribution < -0.4 is 24.8 Å². The Labute approximate surface area is 308 Å². The number of amides is 1. The lowest BCUT2D eigenvalue weighted by Gasteiger charge is -2.20. The molecule has 2 saturated heterocycles. The SMILES string of the molecule is COc1nc(-c2cccc(-c3cccc4c3CC[C@@H]4Oc3nc(OC)c(CN4CC[C@@H](C(=O)O)C4)cc3Cl)c2C)ccc1CNC[C@@H]1CCC(=O)N1. The molecule has 3 aliphatic rings. The van der Waals surface area contributed by atoms with Crippen LogP contribution in [0.1, 0.15) is 59.6 Å². The Balaban J connectivity index is 1.08. The molecule has 0 radical (unpaired) electrons. The van der Waals surface area contributed by atoms with Crippen molar-refractivity contribution in [2.75, 3.05) is 33.9 Å². The quantitative estimate of drug-likeness (QED) is 0.148. The summed E-state index contributed by atoms with van der Waals surface area (Å²) in [7, 11) is 3.21. The van der Waals surface area contributed by atoms with Crippen LogP contribution in [-0.4, -0.2) is 71.7 Å². The summed E-state index contributed by atoms with van der Waals surface area (Å²) in [5.74, 6) is 0.295. The third-order valence-electron chi connectivity index (χ3n) is 10.5. The molecular weight excluding hydrogens is 682 g/mol. The molecule has 2 aromatic carbocycles. The maximum atomic E-state index is 11.5. The zero-order valence-electron chi connectivity index (χ0n) is 29.7. The number of carboxylic acid groups (broad SMARTS) is 1. The van der Waals surface area contributed by atoms with E-state index in [2.05, 4.69) is 69.9 Å². The number of aliphatic carboxylic acids is 1. The van der Waals surface area contributed by atoms with Gasteiger partial charge in [-0.2, -0.15) is 4.98 Å². The zero-order chi connectivity index (χ0) is 36.4. The van der Waals surface area contributed by atoms with Crippen LogP contribution in [0.4, 0.5) is 0 Å². The molecule has 4 heterocycles. The number of likely N-dealkylation sites (tertiary alicyclic amines) is 1. The summed E-state index contributed by atoms with van der Waals surface area (Å²) in [4.78, 5) is 34.6. The largest absolute Gasteiger partial charge is 0.481 e. The fourth-order valence-electron chi connectivity index (χ4n) is 7.76. The Kier molecular flexibility index (Phi) is 10.6. The number of ether oxygens (including phenoxy) is 3. The monoisotopic (exact) mass is 725 g/mol. The molecule has 3 N–H and O–H groups in total. The van der Waals surface area contributed by atoms with Crippen molar-refractivity contribution in [2.45, 2.75) is 64.3 Å². The second kappa shape index (κ2) is 15.5. The van der Waals surface area contributed by atoms with E-state index >= 15 is 0 Å². The van der Waals surface area contributed by atoms with Crippen LogP contribution in [-0.2, 0) is 29.1 Å². The Morgan fingerprint density at radius 3 is 2.48 bits per heavy atom. The number of nitrogens with zero attached hydrogens (tertiary/aromatic N) is 3. The molecule has 12 heteroatoms. The maximum absolute atomic E-state index is 11.5. The summed E-state index contributed by atoms with van der Waals surface area (Å²) in [5, 5.41) is 16.2. The number of halogens is 1. The molecule has 2 aliphatic heterocycles. The molecule has 0 spiro atoms. The molecule has 52 heavy (non-hydrogen) atoms. The first-order valence-corrected chi connectivity index (χ1v) is 18.2. The maximum Gasteiger partial charge on any atom is 0.307 e. The van der Waals surface area contributed by atoms with Crippen LogP contribution in [0.3, 0.4) is 0 Å². The van der Waals surface area contributed by atoms with Gasteiger partial charge in [0.2, 0.25) is 23.5 Å². The molecule has 4 aromatic rings. The minimum atomic E-state index is -0.765. The van der Waals surface area contributed by atoms with Gasteiger partial charge in [0, 0.05) is 55.3 Å². The molecule has 7 rings (SSSR count). The van der Waals surface area contributed by atoms with Crippen molar-refractivity contribution in [3.63, 3.8) is 0 Å². The van der Waals surface area contributed by atoms with E-state index in [1.165, 1.54) is 5.56 Å². The molecule has 11 nitrogen and oxygen atoms in total. The van der Waals surface area contributed by atoms with Crippen molar-refractivity contribution in [3.8, 4) is 40.0 Å². The second-order valence-corrected chi connectivity index (χ2v) is 14.2. The lowest BCUT2D eigenvalue weighted by atomic mass is 9.90. The first kappa shape index (κ1) is 35.7. The molecule has 0 unspecified atom stereocenters. The van der Waals surface area contributed by atoms with Crippen LogP contribution in [0.25, 0.3) is 22.4 Å². The Morgan fingerprint density at radius 1 is 0.962 bits per heavy atom. The topological polar surface area (TPSA) is 135 Å². The highest BCUT2D eigenvalue weighted by Crippen LogP contribution is 2.43. The number of nitrogens with one attached hydrogen (secondary N) is 2. The smallest absolute Gasteiger partial charge is 0.307 e. The number of rotatable bonds is 13. The van der Waals surface area contributed by atoms with Gasteiger partial charge in [-0.25, -0.2) is 4.98 Å². The molecule has 272 valence electrons. The molecule has 3 atom stereocenters. The van der Waals surface area contributed by atoms with Crippen LogP contribution in [0.2, 0.25) is 5.02 Å². The predicted molar refractivity (Wildman–Crippen MR) is 198 cm³/mol. The van der Waals surface area contributed by atoms with Crippen molar-refractivity contribution in [1.82, 2.24) is 25.5 Å². The van der Waals surface area contributed by atoms with Gasteiger partial charge in [-0.05, 0) is 79.1 Å². The lowest BCUT2D eigenvalue weighted by Crippen LogP contribution is -2.35. The van der Waals surface area contributed by atoms with E-state index in [1.54, 1.807) is 14.2 Å². The van der Waals surface area contributed by atoms with Gasteiger partial charge in [0.05, 0.1) is 25.8 Å². The summed E-state index contributed by atoms with van der Waals surface area (Å²) < 4.78 is 17.9. The standard InChI is InChI=1S/C40H44ClN5O6/c1-23-28(6-4-7-29(23)34-13-10-24(37(44-34)50-2)19-42-20-27-11-15-36(47)43-27)30-8-5-9-32-31(30)12-14-35(32)52-39-33(41)18-26(38(45-39)51-3)22-46-17-16-25(21-46)40(48)49/h4-10,13,18,25,27,35,42H,11-12,14-17,19-22H2,1-3H3,(H,43,47)(H,48,49)/t25-,27+,35+/m1/s1. The highest BCUT2D eigenvalue weighted by Gasteiger charge is 2.31. The highest BCUT2D eigenvalue weighted by atomic mass is 35.5. The van der Waals surface area contributed by atoms with Gasteiger partial charge in [-0.3, -0.25) is 14.5 Å². The summed E-state index contributed by atoms with van der Waals surface area (Å²) in [6.45, 7) is 5.10. The van der Waals surface area contributed by atoms with Gasteiger partial charge < -0.3 is 30.0 Å². The summed E-state index contributed by atoms with van der Waals surface area (Å²) in [6.07, 6.45) is 3.44. The Morgan fingerprint density at radius 2 is 1.73 bits per heavy atom. The average molecular weight is 726 g/mol. The predicted octanol–water partition coefficient (Wildman–Crippen LogP) is 6.13. The molecule has 0 saturated carbocycles. The van der Waals surface area contributed by atoms with Gasteiger partial charge in [-0.1, -0.05) is 54.1 Å². The Bertz CT molecular complexity index is 1990. The summed E-state index contributed by atoms with van der Waals surface area (Å²) >= 11 is 6.75. The van der Waals surface area contributed by atoms with E-state index in [0.29, 0.717) is 68.2 Å². The van der Waals surface area contributed by atoms with E-state index < -0.39 is 5.97 Å². The number of methoxy groups -OCH3 is 2. The van der Waals surface area contributed by atoms with Gasteiger partial charge in [0.1, 0.15) is 11.1 Å². The van der Waals surface area contributed by atoms with Gasteiger partial charge in [-0.15, -0.1) is 0 Å². The van der Waals surface area contributed by atoms with E-state index in [-0.39, 0.29) is 24.0 Å². The van der Waals surface area contributed by atoms with Crippen LogP contribution >= 0.6 is 11.6 Å². The first-order valence-electron chi connectivity index (χ1n) is 17.8. The van der Waals surface area contributed by atoms with Crippen molar-refractivity contribution >= 4 is 23.5 Å². The average Bonchev–Trinajstić information content (AvgIpc) is 3.90. The van der Waals surface area contributed by atoms with Crippen LogP contribution in [0, 0.1) is 12.8 Å². The lowest BCUT2D eigenvalue weighted by molar-refractivity contribution is -0.141. The zero-order valence-corrected chi connectivity index (χ0v) is 30.5. The number of hydrogen-bond acceptors (Lipinski definition) is 9. The van der Waals surface area contributed by atoms with Crippen molar-refractivity contribution in [1.29, 1.82) is 0 Å². The van der Waals surface area contributed by atoms with E-state index in [1.807, 2.05) is 12.1 Å². The minimum absolute atomic E-state index is 0.112. The highest BCUT2D eigenvalue weighted by molar-refractivity contribution is 6.31. The number of carbonyl (C=O) groups excluding carboxylic acids is 1. The van der Waals surface area contributed by atoms with Gasteiger partial charge >= 0.3 is 5.97 Å². The fourth-order valence-corrected chi connectivity index (χ4v) is 7.98. The van der Waals surface area contributed by atoms with E-state index in [9.17, 15) is 14.7 Å². The van der Waals surface area contributed by atoms with Gasteiger partial charge in [0.15, 0.2) is 0 Å². The van der Waals surface area contributed by atoms with Crippen LogP contribution in [0.15, 0.2) is 54.6 Å². The van der Waals surface area contributed by atoms with Crippen molar-refractivity contribution < 1.29 is 28.9 Å². The molecule has 0 bridgehead atoms. The van der Waals surface area contributed by atoms with Crippen molar-refractivity contribution in [2.24, 2.45) is 5.92 Å². The molecule has 1 aliphatic carbocycles. The van der Waals surface area contributed by atoms with E-state index in [0.717, 1.165) is 63.9 Å². The number of hydrogen-bond donors (Lipinski definition) is 3. The second-order valence-electron chi connectivity index (χ2n) is 13.8. The normalized spacial score (nSPS) is 19.8. The van der Waals surface area contributed by atoms with Gasteiger partial charge in [0.25, 0.3) is 0 Å².